The third kappa shape index (κ3) is 3.65. The van der Waals surface area contributed by atoms with E-state index in [2.05, 4.69) is 31.0 Å². The van der Waals surface area contributed by atoms with E-state index in [1.165, 1.54) is 4.90 Å². The van der Waals surface area contributed by atoms with Crippen molar-refractivity contribution < 1.29 is 14.7 Å². The second-order valence-corrected chi connectivity index (χ2v) is 6.83. The van der Waals surface area contributed by atoms with Crippen molar-refractivity contribution in [2.24, 2.45) is 0 Å². The van der Waals surface area contributed by atoms with Crippen LogP contribution in [-0.2, 0) is 21.5 Å². The molecule has 2 heterocycles. The zero-order valence-corrected chi connectivity index (χ0v) is 13.6. The molecule has 0 aliphatic carbocycles. The maximum Gasteiger partial charge on any atom is 0.323 e. The highest BCUT2D eigenvalue weighted by Crippen LogP contribution is 2.21. The molecule has 1 aliphatic heterocycles. The number of amides is 1. The molecule has 7 heteroatoms. The summed E-state index contributed by atoms with van der Waals surface area (Å²) in [6.45, 7) is 9.60. The van der Waals surface area contributed by atoms with Gasteiger partial charge in [0.2, 0.25) is 5.91 Å². The number of hydrogen-bond donors (Lipinski definition) is 2. The summed E-state index contributed by atoms with van der Waals surface area (Å²) in [5.74, 6) is -1.11. The fraction of sp³-hybridized carbons (Fsp3) is 0.667. The van der Waals surface area contributed by atoms with Crippen LogP contribution in [0.4, 0.5) is 0 Å². The van der Waals surface area contributed by atoms with Gasteiger partial charge in [-0.3, -0.25) is 19.6 Å². The minimum Gasteiger partial charge on any atom is -0.480 e. The van der Waals surface area contributed by atoms with E-state index in [1.807, 2.05) is 17.9 Å². The Hall–Kier alpha value is -1.89. The number of piperazine rings is 1. The molecule has 0 saturated carbocycles. The van der Waals surface area contributed by atoms with Crippen molar-refractivity contribution in [3.8, 4) is 0 Å². The van der Waals surface area contributed by atoms with Gasteiger partial charge in [0.25, 0.3) is 0 Å². The van der Waals surface area contributed by atoms with Gasteiger partial charge in [-0.2, -0.15) is 5.10 Å². The molecular weight excluding hydrogens is 284 g/mol. The van der Waals surface area contributed by atoms with Gasteiger partial charge in [0, 0.05) is 30.7 Å². The highest BCUT2D eigenvalue weighted by Gasteiger charge is 2.32. The predicted molar refractivity (Wildman–Crippen MR) is 81.4 cm³/mol. The molecule has 0 spiro atoms. The van der Waals surface area contributed by atoms with Crippen molar-refractivity contribution in [2.75, 3.05) is 19.6 Å². The Labute approximate surface area is 130 Å². The number of aromatic amines is 1. The zero-order chi connectivity index (χ0) is 16.5. The molecule has 1 amide bonds. The van der Waals surface area contributed by atoms with Crippen LogP contribution in [0.3, 0.4) is 0 Å². The Balaban J connectivity index is 2.01. The van der Waals surface area contributed by atoms with Gasteiger partial charge < -0.3 is 10.0 Å². The lowest BCUT2D eigenvalue weighted by Crippen LogP contribution is -2.56. The molecule has 1 saturated heterocycles. The summed E-state index contributed by atoms with van der Waals surface area (Å²) < 4.78 is 0. The summed E-state index contributed by atoms with van der Waals surface area (Å²) in [7, 11) is 0. The molecule has 1 fully saturated rings. The van der Waals surface area contributed by atoms with E-state index in [9.17, 15) is 9.59 Å². The normalized spacial score (nSPS) is 20.5. The Bertz CT molecular complexity index is 561. The summed E-state index contributed by atoms with van der Waals surface area (Å²) in [4.78, 5) is 26.4. The lowest BCUT2D eigenvalue weighted by Gasteiger charge is -2.38. The summed E-state index contributed by atoms with van der Waals surface area (Å²) >= 11 is 0. The van der Waals surface area contributed by atoms with Crippen LogP contribution < -0.4 is 0 Å². The van der Waals surface area contributed by atoms with E-state index in [0.29, 0.717) is 19.6 Å². The van der Waals surface area contributed by atoms with Crippen molar-refractivity contribution in [1.29, 1.82) is 0 Å². The lowest BCUT2D eigenvalue weighted by atomic mass is 9.92. The fourth-order valence-electron chi connectivity index (χ4n) is 2.56. The second kappa shape index (κ2) is 6.08. The number of rotatable bonds is 4. The van der Waals surface area contributed by atoms with Crippen molar-refractivity contribution in [3.63, 3.8) is 0 Å². The largest absolute Gasteiger partial charge is 0.480 e. The van der Waals surface area contributed by atoms with Crippen molar-refractivity contribution >= 4 is 11.9 Å². The quantitative estimate of drug-likeness (QED) is 0.860. The van der Waals surface area contributed by atoms with E-state index in [4.69, 9.17) is 5.11 Å². The highest BCUT2D eigenvalue weighted by molar-refractivity contribution is 5.85. The van der Waals surface area contributed by atoms with Gasteiger partial charge in [0.15, 0.2) is 0 Å². The fourth-order valence-corrected chi connectivity index (χ4v) is 2.56. The van der Waals surface area contributed by atoms with E-state index >= 15 is 0 Å². The van der Waals surface area contributed by atoms with Crippen LogP contribution in [0.1, 0.15) is 39.1 Å². The SMILES string of the molecule is CC1C(=O)N(CC(=O)O)CCN1Cc1cc(C(C)(C)C)n[nH]1. The third-order valence-corrected chi connectivity index (χ3v) is 3.97. The van der Waals surface area contributed by atoms with E-state index < -0.39 is 5.97 Å². The van der Waals surface area contributed by atoms with Gasteiger partial charge in [-0.05, 0) is 13.0 Å². The minimum atomic E-state index is -0.975. The monoisotopic (exact) mass is 308 g/mol. The molecule has 122 valence electrons. The summed E-state index contributed by atoms with van der Waals surface area (Å²) in [5.41, 5.74) is 1.94. The Kier molecular flexibility index (Phi) is 4.55. The molecule has 1 aliphatic rings. The van der Waals surface area contributed by atoms with Crippen molar-refractivity contribution in [2.45, 2.75) is 45.7 Å². The highest BCUT2D eigenvalue weighted by atomic mass is 16.4. The van der Waals surface area contributed by atoms with Crippen LogP contribution >= 0.6 is 0 Å². The van der Waals surface area contributed by atoms with Crippen LogP contribution in [0.25, 0.3) is 0 Å². The van der Waals surface area contributed by atoms with Crippen LogP contribution in [0.5, 0.6) is 0 Å². The summed E-state index contributed by atoms with van der Waals surface area (Å²) in [6, 6.07) is 1.70. The Morgan fingerprint density at radius 1 is 1.45 bits per heavy atom. The number of carbonyl (C=O) groups is 2. The van der Waals surface area contributed by atoms with Crippen LogP contribution in [0.15, 0.2) is 6.07 Å². The average Bonchev–Trinajstić information content (AvgIpc) is 2.86. The molecule has 1 atom stereocenters. The molecule has 1 aromatic heterocycles. The molecule has 1 aromatic rings. The van der Waals surface area contributed by atoms with Crippen LogP contribution in [0.2, 0.25) is 0 Å². The molecule has 2 N–H and O–H groups in total. The van der Waals surface area contributed by atoms with Gasteiger partial charge in [-0.15, -0.1) is 0 Å². The van der Waals surface area contributed by atoms with E-state index in [-0.39, 0.29) is 23.9 Å². The third-order valence-electron chi connectivity index (χ3n) is 3.97. The van der Waals surface area contributed by atoms with Crippen LogP contribution in [-0.4, -0.2) is 62.7 Å². The van der Waals surface area contributed by atoms with Crippen LogP contribution in [0, 0.1) is 0 Å². The maximum absolute atomic E-state index is 12.2. The molecular formula is C15H24N4O3. The van der Waals surface area contributed by atoms with Gasteiger partial charge in [0.05, 0.1) is 11.7 Å². The zero-order valence-electron chi connectivity index (χ0n) is 13.6. The number of aromatic nitrogens is 2. The minimum absolute atomic E-state index is 0.0175. The maximum atomic E-state index is 12.2. The Morgan fingerprint density at radius 3 is 2.68 bits per heavy atom. The topological polar surface area (TPSA) is 89.5 Å². The molecule has 1 unspecified atom stereocenters. The molecule has 7 nitrogen and oxygen atoms in total. The first-order valence-corrected chi connectivity index (χ1v) is 7.48. The standard InChI is InChI=1S/C15H24N4O3/c1-10-14(22)19(9-13(20)21)6-5-18(10)8-11-7-12(17-16-11)15(2,3)4/h7,10H,5-6,8-9H2,1-4H3,(H,16,17)(H,20,21). The molecule has 0 bridgehead atoms. The van der Waals surface area contributed by atoms with Gasteiger partial charge in [0.1, 0.15) is 6.54 Å². The van der Waals surface area contributed by atoms with E-state index in [0.717, 1.165) is 11.4 Å². The number of hydrogen-bond acceptors (Lipinski definition) is 4. The van der Waals surface area contributed by atoms with Gasteiger partial charge in [-0.1, -0.05) is 20.8 Å². The smallest absolute Gasteiger partial charge is 0.323 e. The first kappa shape index (κ1) is 16.5. The van der Waals surface area contributed by atoms with Crippen molar-refractivity contribution in [1.82, 2.24) is 20.0 Å². The molecule has 22 heavy (non-hydrogen) atoms. The number of nitrogens with zero attached hydrogens (tertiary/aromatic N) is 3. The number of carboxylic acids is 1. The van der Waals surface area contributed by atoms with E-state index in [1.54, 1.807) is 0 Å². The van der Waals surface area contributed by atoms with Crippen molar-refractivity contribution in [3.05, 3.63) is 17.5 Å². The molecule has 2 rings (SSSR count). The number of nitrogens with one attached hydrogen (secondary N) is 1. The first-order chi connectivity index (χ1) is 10.2. The Morgan fingerprint density at radius 2 is 2.14 bits per heavy atom. The lowest BCUT2D eigenvalue weighted by molar-refractivity contribution is -0.150. The van der Waals surface area contributed by atoms with Gasteiger partial charge >= 0.3 is 5.97 Å². The summed E-state index contributed by atoms with van der Waals surface area (Å²) in [6.07, 6.45) is 0. The number of H-pyrrole nitrogens is 1. The molecule has 0 radical (unpaired) electrons. The first-order valence-electron chi connectivity index (χ1n) is 7.48. The number of aliphatic carboxylic acids is 1. The average molecular weight is 308 g/mol. The summed E-state index contributed by atoms with van der Waals surface area (Å²) in [5, 5.41) is 16.2. The predicted octanol–water partition coefficient (Wildman–Crippen LogP) is 0.825. The second-order valence-electron chi connectivity index (χ2n) is 6.83. The van der Waals surface area contributed by atoms with Gasteiger partial charge in [-0.25, -0.2) is 0 Å². The number of carboxylic acid groups (broad SMARTS) is 1. The number of carbonyl (C=O) groups excluding carboxylic acids is 1. The molecule has 0 aromatic carbocycles.